The number of hydrogen-bond acceptors (Lipinski definition) is 5. The number of anilines is 1. The number of pyridine rings is 1. The minimum atomic E-state index is -0.549. The average Bonchev–Trinajstić information content (AvgIpc) is 2.53. The van der Waals surface area contributed by atoms with Gasteiger partial charge in [0.05, 0.1) is 31.1 Å². The Bertz CT molecular complexity index is 498. The van der Waals surface area contributed by atoms with Crippen molar-refractivity contribution in [1.29, 1.82) is 0 Å². The second-order valence-electron chi connectivity index (χ2n) is 4.90. The van der Waals surface area contributed by atoms with Crippen LogP contribution >= 0.6 is 0 Å². The van der Waals surface area contributed by atoms with E-state index in [0.29, 0.717) is 32.1 Å². The molecule has 1 amide bonds. The molecule has 2 rings (SSSR count). The van der Waals surface area contributed by atoms with Crippen LogP contribution in [0.1, 0.15) is 23.7 Å². The van der Waals surface area contributed by atoms with Gasteiger partial charge in [-0.25, -0.2) is 9.37 Å². The van der Waals surface area contributed by atoms with Crippen LogP contribution in [0.4, 0.5) is 10.2 Å². The minimum Gasteiger partial charge on any atom is -0.394 e. The SMILES string of the molecule is CCCNc1ncc(F)cc1C(=O)N1CCOC(CO)C1. The van der Waals surface area contributed by atoms with E-state index in [1.165, 1.54) is 6.07 Å². The predicted octanol–water partition coefficient (Wildman–Crippen LogP) is 0.876. The number of nitrogens with zero attached hydrogens (tertiary/aromatic N) is 2. The van der Waals surface area contributed by atoms with Crippen molar-refractivity contribution in [3.8, 4) is 0 Å². The van der Waals surface area contributed by atoms with Gasteiger partial charge in [-0.3, -0.25) is 4.79 Å². The van der Waals surface area contributed by atoms with Gasteiger partial charge in [-0.2, -0.15) is 0 Å². The first-order valence-electron chi connectivity index (χ1n) is 7.06. The fraction of sp³-hybridized carbons (Fsp3) is 0.571. The van der Waals surface area contributed by atoms with Crippen LogP contribution < -0.4 is 5.32 Å². The number of halogens is 1. The summed E-state index contributed by atoms with van der Waals surface area (Å²) in [7, 11) is 0. The van der Waals surface area contributed by atoms with E-state index in [2.05, 4.69) is 10.3 Å². The van der Waals surface area contributed by atoms with Crippen molar-refractivity contribution in [2.75, 3.05) is 38.2 Å². The van der Waals surface area contributed by atoms with Gasteiger partial charge in [0.15, 0.2) is 0 Å². The molecule has 0 aliphatic carbocycles. The van der Waals surface area contributed by atoms with E-state index in [9.17, 15) is 9.18 Å². The van der Waals surface area contributed by atoms with Gasteiger partial charge in [0, 0.05) is 19.6 Å². The van der Waals surface area contributed by atoms with E-state index in [-0.39, 0.29) is 18.1 Å². The third-order valence-electron chi connectivity index (χ3n) is 3.26. The Morgan fingerprint density at radius 1 is 1.67 bits per heavy atom. The molecule has 1 unspecified atom stereocenters. The van der Waals surface area contributed by atoms with E-state index >= 15 is 0 Å². The molecule has 1 aromatic rings. The molecule has 7 heteroatoms. The van der Waals surface area contributed by atoms with Crippen LogP contribution in [0.2, 0.25) is 0 Å². The molecule has 0 radical (unpaired) electrons. The summed E-state index contributed by atoms with van der Waals surface area (Å²) in [5.74, 6) is -0.468. The smallest absolute Gasteiger partial charge is 0.257 e. The number of morpholine rings is 1. The summed E-state index contributed by atoms with van der Waals surface area (Å²) >= 11 is 0. The number of carbonyl (C=O) groups is 1. The molecule has 1 fully saturated rings. The number of carbonyl (C=O) groups excluding carboxylic acids is 1. The highest BCUT2D eigenvalue weighted by Gasteiger charge is 2.26. The molecule has 116 valence electrons. The number of aliphatic hydroxyl groups is 1. The van der Waals surface area contributed by atoms with Gasteiger partial charge < -0.3 is 20.1 Å². The van der Waals surface area contributed by atoms with E-state index in [0.717, 1.165) is 12.6 Å². The number of aromatic nitrogens is 1. The summed E-state index contributed by atoms with van der Waals surface area (Å²) in [5, 5.41) is 12.2. The normalized spacial score (nSPS) is 18.6. The van der Waals surface area contributed by atoms with Crippen LogP contribution in [0.3, 0.4) is 0 Å². The maximum absolute atomic E-state index is 13.4. The van der Waals surface area contributed by atoms with Gasteiger partial charge in [0.25, 0.3) is 5.91 Å². The Kier molecular flexibility index (Phi) is 5.46. The number of ether oxygens (including phenoxy) is 1. The topological polar surface area (TPSA) is 74.7 Å². The van der Waals surface area contributed by atoms with Crippen molar-refractivity contribution in [2.24, 2.45) is 0 Å². The van der Waals surface area contributed by atoms with Crippen molar-refractivity contribution in [2.45, 2.75) is 19.4 Å². The summed E-state index contributed by atoms with van der Waals surface area (Å²) in [4.78, 5) is 18.0. The molecule has 0 bridgehead atoms. The first kappa shape index (κ1) is 15.7. The van der Waals surface area contributed by atoms with Crippen molar-refractivity contribution in [1.82, 2.24) is 9.88 Å². The number of rotatable bonds is 5. The number of aliphatic hydroxyl groups excluding tert-OH is 1. The van der Waals surface area contributed by atoms with Crippen LogP contribution in [-0.2, 0) is 4.74 Å². The first-order valence-corrected chi connectivity index (χ1v) is 7.06. The Hall–Kier alpha value is -1.73. The van der Waals surface area contributed by atoms with Gasteiger partial charge in [-0.15, -0.1) is 0 Å². The van der Waals surface area contributed by atoms with Crippen molar-refractivity contribution >= 4 is 11.7 Å². The molecule has 0 saturated carbocycles. The quantitative estimate of drug-likeness (QED) is 0.844. The maximum Gasteiger partial charge on any atom is 0.257 e. The van der Waals surface area contributed by atoms with Crippen molar-refractivity contribution in [3.05, 3.63) is 23.6 Å². The Morgan fingerprint density at radius 2 is 2.48 bits per heavy atom. The van der Waals surface area contributed by atoms with Crippen LogP contribution in [-0.4, -0.2) is 59.8 Å². The van der Waals surface area contributed by atoms with Gasteiger partial charge >= 0.3 is 0 Å². The summed E-state index contributed by atoms with van der Waals surface area (Å²) in [6, 6.07) is 1.19. The highest BCUT2D eigenvalue weighted by molar-refractivity contribution is 5.98. The fourth-order valence-corrected chi connectivity index (χ4v) is 2.17. The molecule has 21 heavy (non-hydrogen) atoms. The van der Waals surface area contributed by atoms with E-state index in [1.54, 1.807) is 4.90 Å². The van der Waals surface area contributed by atoms with Gasteiger partial charge in [0.2, 0.25) is 0 Å². The Morgan fingerprint density at radius 3 is 3.19 bits per heavy atom. The predicted molar refractivity (Wildman–Crippen MR) is 75.7 cm³/mol. The third kappa shape index (κ3) is 3.89. The lowest BCUT2D eigenvalue weighted by atomic mass is 10.2. The monoisotopic (exact) mass is 297 g/mol. The second kappa shape index (κ2) is 7.33. The van der Waals surface area contributed by atoms with Gasteiger partial charge in [-0.1, -0.05) is 6.92 Å². The molecule has 1 aliphatic heterocycles. The zero-order valence-electron chi connectivity index (χ0n) is 12.0. The molecular formula is C14H20FN3O3. The second-order valence-corrected chi connectivity index (χ2v) is 4.90. The Labute approximate surface area is 122 Å². The largest absolute Gasteiger partial charge is 0.394 e. The highest BCUT2D eigenvalue weighted by atomic mass is 19.1. The molecule has 0 spiro atoms. The molecule has 2 heterocycles. The van der Waals surface area contributed by atoms with Crippen LogP contribution in [0.5, 0.6) is 0 Å². The van der Waals surface area contributed by atoms with Crippen molar-refractivity contribution < 1.29 is 19.0 Å². The lowest BCUT2D eigenvalue weighted by Crippen LogP contribution is -2.47. The molecule has 6 nitrogen and oxygen atoms in total. The summed E-state index contributed by atoms with van der Waals surface area (Å²) in [6.07, 6.45) is 1.57. The Balaban J connectivity index is 2.18. The molecule has 2 N–H and O–H groups in total. The molecule has 0 aromatic carbocycles. The van der Waals surface area contributed by atoms with E-state index < -0.39 is 11.9 Å². The van der Waals surface area contributed by atoms with Crippen LogP contribution in [0, 0.1) is 5.82 Å². The summed E-state index contributed by atoms with van der Waals surface area (Å²) < 4.78 is 18.7. The molecular weight excluding hydrogens is 277 g/mol. The van der Waals surface area contributed by atoms with Gasteiger partial charge in [0.1, 0.15) is 11.6 Å². The zero-order chi connectivity index (χ0) is 15.2. The third-order valence-corrected chi connectivity index (χ3v) is 3.26. The zero-order valence-corrected chi connectivity index (χ0v) is 12.0. The molecule has 1 saturated heterocycles. The minimum absolute atomic E-state index is 0.147. The first-order chi connectivity index (χ1) is 10.2. The van der Waals surface area contributed by atoms with Gasteiger partial charge in [-0.05, 0) is 12.5 Å². The molecule has 1 aliphatic rings. The molecule has 1 atom stereocenters. The average molecular weight is 297 g/mol. The lowest BCUT2D eigenvalue weighted by Gasteiger charge is -2.32. The summed E-state index contributed by atoms with van der Waals surface area (Å²) in [5.41, 5.74) is 0.210. The standard InChI is InChI=1S/C14H20FN3O3/c1-2-3-16-13-12(6-10(15)7-17-13)14(20)18-4-5-21-11(8-18)9-19/h6-7,11,19H,2-5,8-9H2,1H3,(H,16,17). The van der Waals surface area contributed by atoms with Crippen molar-refractivity contribution in [3.63, 3.8) is 0 Å². The highest BCUT2D eigenvalue weighted by Crippen LogP contribution is 2.18. The summed E-state index contributed by atoms with van der Waals surface area (Å²) in [6.45, 7) is 3.56. The lowest BCUT2D eigenvalue weighted by molar-refractivity contribution is -0.0447. The fourth-order valence-electron chi connectivity index (χ4n) is 2.17. The van der Waals surface area contributed by atoms with Crippen LogP contribution in [0.15, 0.2) is 12.3 Å². The number of nitrogens with one attached hydrogen (secondary N) is 1. The maximum atomic E-state index is 13.4. The van der Waals surface area contributed by atoms with E-state index in [1.807, 2.05) is 6.92 Å². The van der Waals surface area contributed by atoms with Crippen LogP contribution in [0.25, 0.3) is 0 Å². The molecule has 1 aromatic heterocycles. The van der Waals surface area contributed by atoms with E-state index in [4.69, 9.17) is 9.84 Å². The number of amides is 1. The number of hydrogen-bond donors (Lipinski definition) is 2.